The van der Waals surface area contributed by atoms with Crippen LogP contribution in [-0.4, -0.2) is 4.98 Å². The molecule has 0 aliphatic rings. The SMILES string of the molecule is Fc1cccc(-c2ccc(CCc3ccc(F)cc3F)c(C(F)(F)F)n2)c1. The number of hydrogen-bond donors (Lipinski definition) is 0. The molecule has 0 spiro atoms. The second-order valence-corrected chi connectivity index (χ2v) is 5.95. The summed E-state index contributed by atoms with van der Waals surface area (Å²) in [5.74, 6) is -2.15. The Labute approximate surface area is 151 Å². The van der Waals surface area contributed by atoms with Crippen LogP contribution in [0.4, 0.5) is 26.3 Å². The first-order valence-electron chi connectivity index (χ1n) is 8.01. The van der Waals surface area contributed by atoms with E-state index in [2.05, 4.69) is 4.98 Å². The molecule has 7 heteroatoms. The van der Waals surface area contributed by atoms with Gasteiger partial charge >= 0.3 is 6.18 Å². The standard InChI is InChI=1S/C20H13F6N/c21-15-3-1-2-14(10-15)18-9-7-13(19(27-18)20(24,25)26)5-4-12-6-8-16(22)11-17(12)23/h1-3,6-11H,4-5H2. The summed E-state index contributed by atoms with van der Waals surface area (Å²) in [7, 11) is 0. The normalized spacial score (nSPS) is 11.6. The number of benzene rings is 2. The highest BCUT2D eigenvalue weighted by Crippen LogP contribution is 2.33. The molecule has 0 aliphatic carbocycles. The Balaban J connectivity index is 1.93. The first-order chi connectivity index (χ1) is 12.7. The zero-order valence-corrected chi connectivity index (χ0v) is 13.8. The highest BCUT2D eigenvalue weighted by Gasteiger charge is 2.35. The van der Waals surface area contributed by atoms with Gasteiger partial charge in [0.15, 0.2) is 0 Å². The molecule has 0 unspecified atom stereocenters. The second kappa shape index (κ2) is 7.42. The number of rotatable bonds is 4. The maximum Gasteiger partial charge on any atom is 0.433 e. The molecule has 0 bridgehead atoms. The molecular weight excluding hydrogens is 368 g/mol. The lowest BCUT2D eigenvalue weighted by atomic mass is 10.0. The second-order valence-electron chi connectivity index (χ2n) is 5.95. The van der Waals surface area contributed by atoms with E-state index < -0.39 is 29.3 Å². The third-order valence-electron chi connectivity index (χ3n) is 4.05. The summed E-state index contributed by atoms with van der Waals surface area (Å²) in [4.78, 5) is 3.66. The maximum atomic E-state index is 13.7. The van der Waals surface area contributed by atoms with Crippen LogP contribution in [0.2, 0.25) is 0 Å². The summed E-state index contributed by atoms with van der Waals surface area (Å²) in [5, 5.41) is 0. The number of hydrogen-bond acceptors (Lipinski definition) is 1. The molecule has 0 N–H and O–H groups in total. The van der Waals surface area contributed by atoms with Gasteiger partial charge in [-0.15, -0.1) is 0 Å². The zero-order valence-electron chi connectivity index (χ0n) is 13.8. The van der Waals surface area contributed by atoms with Crippen LogP contribution in [0.15, 0.2) is 54.6 Å². The number of aryl methyl sites for hydroxylation is 2. The van der Waals surface area contributed by atoms with Gasteiger partial charge in [-0.3, -0.25) is 0 Å². The van der Waals surface area contributed by atoms with Gasteiger partial charge in [0, 0.05) is 11.6 Å². The lowest BCUT2D eigenvalue weighted by molar-refractivity contribution is -0.141. The van der Waals surface area contributed by atoms with Gasteiger partial charge < -0.3 is 0 Å². The predicted molar refractivity (Wildman–Crippen MR) is 88.4 cm³/mol. The zero-order chi connectivity index (χ0) is 19.6. The van der Waals surface area contributed by atoms with Gasteiger partial charge in [-0.25, -0.2) is 18.2 Å². The summed E-state index contributed by atoms with van der Waals surface area (Å²) in [6.07, 6.45) is -4.90. The Morgan fingerprint density at radius 3 is 2.07 bits per heavy atom. The van der Waals surface area contributed by atoms with E-state index in [1.165, 1.54) is 36.4 Å². The van der Waals surface area contributed by atoms with E-state index in [0.717, 1.165) is 12.1 Å². The Morgan fingerprint density at radius 1 is 0.741 bits per heavy atom. The van der Waals surface area contributed by atoms with Crippen molar-refractivity contribution in [1.29, 1.82) is 0 Å². The van der Waals surface area contributed by atoms with Crippen molar-refractivity contribution >= 4 is 0 Å². The van der Waals surface area contributed by atoms with Crippen molar-refractivity contribution in [2.24, 2.45) is 0 Å². The number of alkyl halides is 3. The van der Waals surface area contributed by atoms with Crippen molar-refractivity contribution in [2.45, 2.75) is 19.0 Å². The number of aromatic nitrogens is 1. The van der Waals surface area contributed by atoms with E-state index >= 15 is 0 Å². The van der Waals surface area contributed by atoms with Crippen LogP contribution in [0.25, 0.3) is 11.3 Å². The molecule has 0 amide bonds. The maximum absolute atomic E-state index is 13.7. The van der Waals surface area contributed by atoms with Crippen LogP contribution in [0.3, 0.4) is 0 Å². The minimum Gasteiger partial charge on any atom is -0.243 e. The van der Waals surface area contributed by atoms with Gasteiger partial charge in [-0.2, -0.15) is 13.2 Å². The first-order valence-corrected chi connectivity index (χ1v) is 8.01. The third-order valence-corrected chi connectivity index (χ3v) is 4.05. The molecule has 1 aromatic heterocycles. The van der Waals surface area contributed by atoms with Crippen LogP contribution in [0.1, 0.15) is 16.8 Å². The van der Waals surface area contributed by atoms with Gasteiger partial charge in [-0.05, 0) is 48.2 Å². The molecule has 2 aromatic carbocycles. The van der Waals surface area contributed by atoms with Crippen molar-refractivity contribution in [3.05, 3.63) is 88.9 Å². The summed E-state index contributed by atoms with van der Waals surface area (Å²) in [6.45, 7) is 0. The number of nitrogens with zero attached hydrogens (tertiary/aromatic N) is 1. The minimum atomic E-state index is -4.72. The minimum absolute atomic E-state index is 0.0152. The quantitative estimate of drug-likeness (QED) is 0.508. The smallest absolute Gasteiger partial charge is 0.243 e. The van der Waals surface area contributed by atoms with Crippen molar-refractivity contribution in [2.75, 3.05) is 0 Å². The number of halogens is 6. The van der Waals surface area contributed by atoms with Crippen molar-refractivity contribution in [3.8, 4) is 11.3 Å². The summed E-state index contributed by atoms with van der Waals surface area (Å²) in [6, 6.07) is 10.7. The van der Waals surface area contributed by atoms with E-state index in [1.807, 2.05) is 0 Å². The van der Waals surface area contributed by atoms with E-state index in [4.69, 9.17) is 0 Å². The predicted octanol–water partition coefficient (Wildman–Crippen LogP) is 5.97. The summed E-state index contributed by atoms with van der Waals surface area (Å²) in [5.41, 5.74) is -0.910. The Morgan fingerprint density at radius 2 is 1.41 bits per heavy atom. The average Bonchev–Trinajstić information content (AvgIpc) is 2.60. The highest BCUT2D eigenvalue weighted by molar-refractivity contribution is 5.59. The van der Waals surface area contributed by atoms with Crippen LogP contribution >= 0.6 is 0 Å². The fourth-order valence-corrected chi connectivity index (χ4v) is 2.74. The third kappa shape index (κ3) is 4.48. The molecule has 3 rings (SSSR count). The molecule has 0 fully saturated rings. The van der Waals surface area contributed by atoms with Crippen LogP contribution in [0, 0.1) is 17.5 Å². The topological polar surface area (TPSA) is 12.9 Å². The van der Waals surface area contributed by atoms with Gasteiger partial charge in [0.25, 0.3) is 0 Å². The summed E-state index contributed by atoms with van der Waals surface area (Å²) < 4.78 is 80.2. The first kappa shape index (κ1) is 18.9. The Hall–Kier alpha value is -2.83. The van der Waals surface area contributed by atoms with Crippen LogP contribution in [0.5, 0.6) is 0 Å². The van der Waals surface area contributed by atoms with Crippen molar-refractivity contribution < 1.29 is 26.3 Å². The molecule has 0 atom stereocenters. The highest BCUT2D eigenvalue weighted by atomic mass is 19.4. The lowest BCUT2D eigenvalue weighted by Gasteiger charge is -2.14. The van der Waals surface area contributed by atoms with E-state index in [9.17, 15) is 26.3 Å². The summed E-state index contributed by atoms with van der Waals surface area (Å²) >= 11 is 0. The van der Waals surface area contributed by atoms with Gasteiger partial charge in [-0.1, -0.05) is 24.3 Å². The van der Waals surface area contributed by atoms with Gasteiger partial charge in [0.05, 0.1) is 5.69 Å². The van der Waals surface area contributed by atoms with E-state index in [1.54, 1.807) is 0 Å². The van der Waals surface area contributed by atoms with Crippen molar-refractivity contribution in [1.82, 2.24) is 4.98 Å². The molecule has 0 saturated heterocycles. The van der Waals surface area contributed by atoms with Gasteiger partial charge in [0.1, 0.15) is 23.1 Å². The average molecular weight is 381 g/mol. The molecule has 1 nitrogen and oxygen atoms in total. The van der Waals surface area contributed by atoms with E-state index in [0.29, 0.717) is 6.07 Å². The molecule has 140 valence electrons. The fraction of sp³-hybridized carbons (Fsp3) is 0.150. The Kier molecular flexibility index (Phi) is 5.21. The molecule has 3 aromatic rings. The van der Waals surface area contributed by atoms with Crippen LogP contribution in [-0.2, 0) is 19.0 Å². The molecule has 1 heterocycles. The van der Waals surface area contributed by atoms with Crippen molar-refractivity contribution in [3.63, 3.8) is 0 Å². The Bertz CT molecular complexity index is 965. The molecule has 0 aliphatic heterocycles. The fourth-order valence-electron chi connectivity index (χ4n) is 2.74. The molecular formula is C20H13F6N. The molecule has 0 saturated carbocycles. The van der Waals surface area contributed by atoms with Gasteiger partial charge in [0.2, 0.25) is 0 Å². The largest absolute Gasteiger partial charge is 0.433 e. The van der Waals surface area contributed by atoms with Crippen LogP contribution < -0.4 is 0 Å². The molecule has 27 heavy (non-hydrogen) atoms. The van der Waals surface area contributed by atoms with E-state index in [-0.39, 0.29) is 35.2 Å². The number of pyridine rings is 1. The monoisotopic (exact) mass is 381 g/mol. The molecule has 0 radical (unpaired) electrons. The lowest BCUT2D eigenvalue weighted by Crippen LogP contribution is -2.13.